The van der Waals surface area contributed by atoms with E-state index in [1.54, 1.807) is 25.2 Å². The van der Waals surface area contributed by atoms with Gasteiger partial charge in [0.2, 0.25) is 15.9 Å². The van der Waals surface area contributed by atoms with Crippen LogP contribution in [0.2, 0.25) is 0 Å². The molecule has 0 spiro atoms. The number of nitrogens with zero attached hydrogens (tertiary/aromatic N) is 4. The van der Waals surface area contributed by atoms with Crippen molar-refractivity contribution in [2.75, 3.05) is 26.2 Å². The van der Waals surface area contributed by atoms with Crippen LogP contribution in [0.3, 0.4) is 0 Å². The lowest BCUT2D eigenvalue weighted by Gasteiger charge is -2.36. The normalized spacial score (nSPS) is 19.4. The fourth-order valence-corrected chi connectivity index (χ4v) is 7.88. The Balaban J connectivity index is 1.17. The van der Waals surface area contributed by atoms with Gasteiger partial charge in [-0.15, -0.1) is 11.3 Å². The number of thiazole rings is 1. The predicted molar refractivity (Wildman–Crippen MR) is 126 cm³/mol. The van der Waals surface area contributed by atoms with E-state index < -0.39 is 10.0 Å². The summed E-state index contributed by atoms with van der Waals surface area (Å²) in [4.78, 5) is 20.1. The maximum Gasteiger partial charge on any atom is 0.248 e. The summed E-state index contributed by atoms with van der Waals surface area (Å²) in [6.07, 6.45) is 2.92. The van der Waals surface area contributed by atoms with Gasteiger partial charge < -0.3 is 9.42 Å². The first kappa shape index (κ1) is 22.5. The fraction of sp³-hybridized carbons (Fsp3) is 0.522. The second kappa shape index (κ2) is 8.81. The zero-order chi connectivity index (χ0) is 23.2. The lowest BCUT2D eigenvalue weighted by atomic mass is 9.93. The van der Waals surface area contributed by atoms with Crippen LogP contribution < -0.4 is 0 Å². The van der Waals surface area contributed by atoms with Crippen LogP contribution in [0.25, 0.3) is 10.2 Å². The Bertz CT molecular complexity index is 1210. The number of fused-ring (bicyclic) bond motifs is 1. The van der Waals surface area contributed by atoms with Crippen LogP contribution in [-0.2, 0) is 14.8 Å². The van der Waals surface area contributed by atoms with Crippen molar-refractivity contribution in [1.82, 2.24) is 19.3 Å². The van der Waals surface area contributed by atoms with E-state index in [4.69, 9.17) is 9.51 Å². The quantitative estimate of drug-likeness (QED) is 0.555. The van der Waals surface area contributed by atoms with E-state index >= 15 is 0 Å². The summed E-state index contributed by atoms with van der Waals surface area (Å²) >= 11 is 1.76. The van der Waals surface area contributed by atoms with Crippen molar-refractivity contribution < 1.29 is 17.7 Å². The molecular weight excluding hydrogens is 460 g/mol. The van der Waals surface area contributed by atoms with E-state index in [-0.39, 0.29) is 16.7 Å². The monoisotopic (exact) mass is 488 g/mol. The molecule has 3 aromatic rings. The number of amides is 1. The number of carbonyl (C=O) groups is 1. The molecule has 0 bridgehead atoms. The minimum atomic E-state index is -3.66. The number of aromatic nitrogens is 2. The molecule has 2 aliphatic heterocycles. The Morgan fingerprint density at radius 1 is 1.06 bits per heavy atom. The first-order valence-electron chi connectivity index (χ1n) is 11.4. The lowest BCUT2D eigenvalue weighted by Crippen LogP contribution is -2.46. The number of para-hydroxylation sites is 1. The average Bonchev–Trinajstić information content (AvgIpc) is 3.41. The molecule has 2 saturated heterocycles. The molecule has 2 aromatic heterocycles. The van der Waals surface area contributed by atoms with Crippen molar-refractivity contribution in [2.45, 2.75) is 50.3 Å². The van der Waals surface area contributed by atoms with Crippen molar-refractivity contribution in [1.29, 1.82) is 0 Å². The summed E-state index contributed by atoms with van der Waals surface area (Å²) in [5, 5.41) is 4.94. The number of piperidine rings is 2. The Hall–Kier alpha value is -2.30. The van der Waals surface area contributed by atoms with Crippen LogP contribution in [-0.4, -0.2) is 59.8 Å². The number of aryl methyl sites for hydroxylation is 2. The van der Waals surface area contributed by atoms with Gasteiger partial charge in [0.25, 0.3) is 0 Å². The molecule has 0 N–H and O–H groups in total. The van der Waals surface area contributed by atoms with E-state index in [2.05, 4.69) is 11.2 Å². The van der Waals surface area contributed by atoms with Gasteiger partial charge in [-0.3, -0.25) is 4.79 Å². The second-order valence-corrected chi connectivity index (χ2v) is 11.9. The van der Waals surface area contributed by atoms with E-state index in [1.807, 2.05) is 23.1 Å². The summed E-state index contributed by atoms with van der Waals surface area (Å²) in [6.45, 7) is 5.39. The molecule has 176 valence electrons. The molecule has 0 radical (unpaired) electrons. The molecule has 4 heterocycles. The largest absolute Gasteiger partial charge is 0.360 e. The molecule has 5 rings (SSSR count). The molecular formula is C23H28N4O4S2. The standard InChI is InChI=1S/C23H28N4O4S2/c1-15-21(16(2)31-25-15)33(29,30)27-13-9-18(10-14-27)23(28)26-11-7-17(8-12-26)22-24-19-5-3-4-6-20(19)32-22/h3-6,17-18H,7-14H2,1-2H3. The van der Waals surface area contributed by atoms with Gasteiger partial charge >= 0.3 is 0 Å². The highest BCUT2D eigenvalue weighted by Gasteiger charge is 2.37. The number of hydrogen-bond acceptors (Lipinski definition) is 7. The zero-order valence-corrected chi connectivity index (χ0v) is 20.5. The van der Waals surface area contributed by atoms with Crippen LogP contribution in [0.4, 0.5) is 0 Å². The molecule has 8 nitrogen and oxygen atoms in total. The van der Waals surface area contributed by atoms with Gasteiger partial charge in [0.15, 0.2) is 5.76 Å². The Morgan fingerprint density at radius 2 is 1.76 bits per heavy atom. The third-order valence-electron chi connectivity index (χ3n) is 6.84. The Kier molecular flexibility index (Phi) is 6.00. The maximum absolute atomic E-state index is 13.2. The fourth-order valence-electron chi connectivity index (χ4n) is 4.98. The first-order chi connectivity index (χ1) is 15.8. The molecule has 33 heavy (non-hydrogen) atoms. The average molecular weight is 489 g/mol. The molecule has 1 amide bonds. The van der Waals surface area contributed by atoms with Gasteiger partial charge in [-0.25, -0.2) is 13.4 Å². The van der Waals surface area contributed by atoms with Crippen LogP contribution in [0.1, 0.15) is 48.1 Å². The van der Waals surface area contributed by atoms with Gasteiger partial charge in [0.05, 0.1) is 15.2 Å². The highest BCUT2D eigenvalue weighted by atomic mass is 32.2. The highest BCUT2D eigenvalue weighted by molar-refractivity contribution is 7.89. The van der Waals surface area contributed by atoms with Crippen LogP contribution in [0.5, 0.6) is 0 Å². The summed E-state index contributed by atoms with van der Waals surface area (Å²) < 4.78 is 33.8. The highest BCUT2D eigenvalue weighted by Crippen LogP contribution is 2.35. The summed E-state index contributed by atoms with van der Waals surface area (Å²) in [5.41, 5.74) is 1.43. The number of hydrogen-bond donors (Lipinski definition) is 0. The zero-order valence-electron chi connectivity index (χ0n) is 18.9. The van der Waals surface area contributed by atoms with Crippen molar-refractivity contribution in [3.8, 4) is 0 Å². The molecule has 2 fully saturated rings. The van der Waals surface area contributed by atoms with Gasteiger partial charge in [-0.05, 0) is 51.7 Å². The second-order valence-electron chi connectivity index (χ2n) is 8.95. The molecule has 0 aliphatic carbocycles. The third kappa shape index (κ3) is 4.20. The smallest absolute Gasteiger partial charge is 0.248 e. The number of benzene rings is 1. The van der Waals surface area contributed by atoms with Crippen LogP contribution in [0.15, 0.2) is 33.7 Å². The SMILES string of the molecule is Cc1noc(C)c1S(=O)(=O)N1CCC(C(=O)N2CCC(c3nc4ccccc4s3)CC2)CC1. The van der Waals surface area contributed by atoms with Crippen molar-refractivity contribution >= 4 is 37.5 Å². The molecule has 0 saturated carbocycles. The first-order valence-corrected chi connectivity index (χ1v) is 13.7. The van der Waals surface area contributed by atoms with Gasteiger partial charge in [-0.1, -0.05) is 17.3 Å². The minimum Gasteiger partial charge on any atom is -0.360 e. The number of likely N-dealkylation sites (tertiary alicyclic amines) is 1. The third-order valence-corrected chi connectivity index (χ3v) is 10.2. The molecule has 1 aromatic carbocycles. The molecule has 0 unspecified atom stereocenters. The summed E-state index contributed by atoms with van der Waals surface area (Å²) in [5.74, 6) is 0.738. The number of carbonyl (C=O) groups excluding carboxylic acids is 1. The Labute approximate surface area is 197 Å². The van der Waals surface area contributed by atoms with Gasteiger partial charge in [0, 0.05) is 38.0 Å². The number of rotatable bonds is 4. The van der Waals surface area contributed by atoms with Crippen molar-refractivity contribution in [3.63, 3.8) is 0 Å². The predicted octanol–water partition coefficient (Wildman–Crippen LogP) is 3.71. The minimum absolute atomic E-state index is 0.125. The van der Waals surface area contributed by atoms with Crippen LogP contribution >= 0.6 is 11.3 Å². The van der Waals surface area contributed by atoms with E-state index in [1.165, 1.54) is 14.0 Å². The molecule has 10 heteroatoms. The van der Waals surface area contributed by atoms with Crippen LogP contribution in [0, 0.1) is 19.8 Å². The lowest BCUT2D eigenvalue weighted by molar-refractivity contribution is -0.137. The van der Waals surface area contributed by atoms with Crippen molar-refractivity contribution in [3.05, 3.63) is 40.7 Å². The summed E-state index contributed by atoms with van der Waals surface area (Å²) in [6, 6.07) is 8.20. The molecule has 0 atom stereocenters. The maximum atomic E-state index is 13.2. The summed E-state index contributed by atoms with van der Waals surface area (Å²) in [7, 11) is -3.66. The van der Waals surface area contributed by atoms with E-state index in [0.717, 1.165) is 31.4 Å². The number of sulfonamides is 1. The topological polar surface area (TPSA) is 96.6 Å². The molecule has 2 aliphatic rings. The van der Waals surface area contributed by atoms with Gasteiger partial charge in [-0.2, -0.15) is 4.31 Å². The van der Waals surface area contributed by atoms with Crippen molar-refractivity contribution in [2.24, 2.45) is 5.92 Å². The van der Waals surface area contributed by atoms with E-state index in [0.29, 0.717) is 43.3 Å². The van der Waals surface area contributed by atoms with Gasteiger partial charge in [0.1, 0.15) is 10.6 Å². The Morgan fingerprint density at radius 3 is 2.39 bits per heavy atom. The van der Waals surface area contributed by atoms with E-state index in [9.17, 15) is 13.2 Å².